The van der Waals surface area contributed by atoms with Gasteiger partial charge in [-0.15, -0.1) is 0 Å². The summed E-state index contributed by atoms with van der Waals surface area (Å²) in [7, 11) is -3.11. The largest absolute Gasteiger partial charge is 0.304 e. The zero-order valence-corrected chi connectivity index (χ0v) is 13.2. The summed E-state index contributed by atoms with van der Waals surface area (Å²) in [5, 5.41) is 0. The first-order valence-electron chi connectivity index (χ1n) is 7.59. The van der Waals surface area contributed by atoms with Crippen LogP contribution < -0.4 is 0 Å². The number of benzene rings is 1. The van der Waals surface area contributed by atoms with Crippen molar-refractivity contribution in [2.75, 3.05) is 0 Å². The van der Waals surface area contributed by atoms with E-state index < -0.39 is 10.9 Å². The summed E-state index contributed by atoms with van der Waals surface area (Å²) in [4.78, 5) is 0.495. The molecule has 1 aliphatic rings. The van der Waals surface area contributed by atoms with Crippen molar-refractivity contribution in [2.45, 2.75) is 69.3 Å². The van der Waals surface area contributed by atoms with Gasteiger partial charge in [-0.25, -0.2) is 0 Å². The quantitative estimate of drug-likeness (QED) is 0.746. The molecule has 2 rings (SSSR count). The Morgan fingerprint density at radius 3 is 2.30 bits per heavy atom. The van der Waals surface area contributed by atoms with Gasteiger partial charge < -0.3 is 9.11 Å². The Morgan fingerprint density at radius 1 is 1.15 bits per heavy atom. The van der Waals surface area contributed by atoms with E-state index in [1.54, 1.807) is 12.1 Å². The van der Waals surface area contributed by atoms with Crippen LogP contribution in [0.25, 0.3) is 0 Å². The van der Waals surface area contributed by atoms with Crippen LogP contribution in [0, 0.1) is 0 Å². The van der Waals surface area contributed by atoms with E-state index in [0.29, 0.717) is 10.8 Å². The Hall–Kier alpha value is -0.550. The van der Waals surface area contributed by atoms with Crippen LogP contribution in [0.3, 0.4) is 0 Å². The van der Waals surface area contributed by atoms with Crippen molar-refractivity contribution in [3.63, 3.8) is 0 Å². The molecule has 1 aliphatic carbocycles. The Kier molecular flexibility index (Phi) is 5.49. The molecule has 0 aromatic heterocycles. The Labute approximate surface area is 123 Å². The molecule has 1 atom stereocenters. The maximum absolute atomic E-state index is 10.2. The minimum atomic E-state index is -3.11. The van der Waals surface area contributed by atoms with Gasteiger partial charge in [0.1, 0.15) is 10.9 Å². The van der Waals surface area contributed by atoms with Crippen molar-refractivity contribution >= 4 is 10.9 Å². The van der Waals surface area contributed by atoms with Gasteiger partial charge in [-0.1, -0.05) is 45.2 Å². The third kappa shape index (κ3) is 3.98. The number of hydrogen-bond acceptors (Lipinski definition) is 3. The molecule has 1 saturated carbocycles. The highest BCUT2D eigenvalue weighted by atomic mass is 32.3. The van der Waals surface area contributed by atoms with Crippen molar-refractivity contribution in [3.05, 3.63) is 29.8 Å². The molecule has 20 heavy (non-hydrogen) atoms. The molecule has 3 nitrogen and oxygen atoms in total. The molecule has 114 valence electrons. The van der Waals surface area contributed by atoms with Crippen molar-refractivity contribution in [2.24, 2.45) is 0 Å². The van der Waals surface area contributed by atoms with Crippen molar-refractivity contribution < 1.29 is 13.3 Å². The van der Waals surface area contributed by atoms with Crippen molar-refractivity contribution in [1.29, 1.82) is 0 Å². The van der Waals surface area contributed by atoms with Crippen molar-refractivity contribution in [3.8, 4) is 0 Å². The highest BCUT2D eigenvalue weighted by molar-refractivity contribution is 8.20. The second-order valence-corrected chi connectivity index (χ2v) is 7.39. The second kappa shape index (κ2) is 6.94. The number of hydrogen-bond donors (Lipinski definition) is 2. The monoisotopic (exact) mass is 298 g/mol. The van der Waals surface area contributed by atoms with Crippen LogP contribution in [-0.2, 0) is 4.18 Å². The molecule has 0 bridgehead atoms. The first kappa shape index (κ1) is 15.8. The molecule has 0 heterocycles. The van der Waals surface area contributed by atoms with Gasteiger partial charge in [-0.2, -0.15) is 0 Å². The maximum Gasteiger partial charge on any atom is 0.115 e. The first-order valence-corrected chi connectivity index (χ1v) is 9.06. The maximum atomic E-state index is 10.2. The number of rotatable bonds is 5. The van der Waals surface area contributed by atoms with Gasteiger partial charge >= 0.3 is 0 Å². The molecule has 0 radical (unpaired) electrons. The fraction of sp³-hybridized carbons (Fsp3) is 0.625. The Balaban J connectivity index is 2.04. The SMILES string of the molecule is CCC(C)c1ccc(S(O)(O)OC2CCCCC2)cc1. The molecule has 0 saturated heterocycles. The van der Waals surface area contributed by atoms with Gasteiger partial charge in [0, 0.05) is 0 Å². The predicted octanol–water partition coefficient (Wildman–Crippen LogP) is 5.57. The standard InChI is InChI=1S/C16H26O3S/c1-3-13(2)14-9-11-16(12-10-14)20(17,18)19-15-7-5-4-6-8-15/h9-13,15,17-18H,3-8H2,1-2H3. The van der Waals surface area contributed by atoms with E-state index in [1.165, 1.54) is 12.0 Å². The van der Waals surface area contributed by atoms with E-state index in [0.717, 1.165) is 32.1 Å². The summed E-state index contributed by atoms with van der Waals surface area (Å²) in [6, 6.07) is 7.53. The smallest absolute Gasteiger partial charge is 0.115 e. The molecule has 1 aromatic rings. The third-order valence-corrected chi connectivity index (χ3v) is 5.62. The minimum absolute atomic E-state index is 0.0111. The van der Waals surface area contributed by atoms with E-state index in [4.69, 9.17) is 4.18 Å². The van der Waals surface area contributed by atoms with E-state index in [2.05, 4.69) is 13.8 Å². The topological polar surface area (TPSA) is 49.7 Å². The highest BCUT2D eigenvalue weighted by Gasteiger charge is 2.27. The third-order valence-electron chi connectivity index (χ3n) is 4.19. The van der Waals surface area contributed by atoms with Crippen LogP contribution in [0.2, 0.25) is 0 Å². The fourth-order valence-electron chi connectivity index (χ4n) is 2.62. The van der Waals surface area contributed by atoms with Crippen molar-refractivity contribution in [1.82, 2.24) is 0 Å². The van der Waals surface area contributed by atoms with Crippen LogP contribution in [0.1, 0.15) is 63.9 Å². The Bertz CT molecular complexity index is 410. The first-order chi connectivity index (χ1) is 9.53. The molecular weight excluding hydrogens is 272 g/mol. The molecule has 1 aromatic carbocycles. The predicted molar refractivity (Wildman–Crippen MR) is 84.2 cm³/mol. The minimum Gasteiger partial charge on any atom is -0.304 e. The zero-order valence-electron chi connectivity index (χ0n) is 12.4. The summed E-state index contributed by atoms with van der Waals surface area (Å²) in [6.07, 6.45) is 6.39. The van der Waals surface area contributed by atoms with Crippen LogP contribution in [0.5, 0.6) is 0 Å². The second-order valence-electron chi connectivity index (χ2n) is 5.73. The average molecular weight is 298 g/mol. The average Bonchev–Trinajstić information content (AvgIpc) is 2.47. The summed E-state index contributed by atoms with van der Waals surface area (Å²) in [5.41, 5.74) is 1.23. The Morgan fingerprint density at radius 2 is 1.75 bits per heavy atom. The van der Waals surface area contributed by atoms with E-state index >= 15 is 0 Å². The summed E-state index contributed by atoms with van der Waals surface area (Å²) < 4.78 is 26.1. The summed E-state index contributed by atoms with van der Waals surface area (Å²) in [6.45, 7) is 4.32. The molecule has 1 unspecified atom stereocenters. The van der Waals surface area contributed by atoms with Gasteiger partial charge in [0.2, 0.25) is 0 Å². The molecule has 4 heteroatoms. The molecule has 0 amide bonds. The van der Waals surface area contributed by atoms with E-state index in [9.17, 15) is 9.11 Å². The lowest BCUT2D eigenvalue weighted by atomic mass is 9.98. The lowest BCUT2D eigenvalue weighted by molar-refractivity contribution is 0.138. The van der Waals surface area contributed by atoms with Crippen LogP contribution in [0.4, 0.5) is 0 Å². The van der Waals surface area contributed by atoms with E-state index in [-0.39, 0.29) is 6.10 Å². The molecule has 0 spiro atoms. The highest BCUT2D eigenvalue weighted by Crippen LogP contribution is 2.51. The molecular formula is C16H26O3S. The lowest BCUT2D eigenvalue weighted by Gasteiger charge is -2.33. The summed E-state index contributed by atoms with van der Waals surface area (Å²) >= 11 is 0. The van der Waals surface area contributed by atoms with Crippen LogP contribution >= 0.6 is 10.9 Å². The molecule has 1 fully saturated rings. The van der Waals surface area contributed by atoms with Gasteiger partial charge in [0.05, 0.1) is 11.0 Å². The molecule has 2 N–H and O–H groups in total. The van der Waals surface area contributed by atoms with E-state index in [1.807, 2.05) is 12.1 Å². The fourth-order valence-corrected chi connectivity index (χ4v) is 3.79. The van der Waals surface area contributed by atoms with Gasteiger partial charge in [-0.05, 0) is 42.9 Å². The van der Waals surface area contributed by atoms with Gasteiger partial charge in [-0.3, -0.25) is 4.18 Å². The van der Waals surface area contributed by atoms with Crippen LogP contribution in [-0.4, -0.2) is 15.2 Å². The lowest BCUT2D eigenvalue weighted by Crippen LogP contribution is -2.19. The molecule has 0 aliphatic heterocycles. The normalized spacial score (nSPS) is 19.8. The summed E-state index contributed by atoms with van der Waals surface area (Å²) in [5.74, 6) is 0.491. The zero-order chi connectivity index (χ0) is 14.6. The van der Waals surface area contributed by atoms with Gasteiger partial charge in [0.15, 0.2) is 0 Å². The van der Waals surface area contributed by atoms with Crippen LogP contribution in [0.15, 0.2) is 29.2 Å². The van der Waals surface area contributed by atoms with Gasteiger partial charge in [0.25, 0.3) is 0 Å².